The summed E-state index contributed by atoms with van der Waals surface area (Å²) in [5.41, 5.74) is 3.01. The Morgan fingerprint density at radius 2 is 2.27 bits per heavy atom. The molecule has 0 aliphatic heterocycles. The molecule has 1 saturated carbocycles. The van der Waals surface area contributed by atoms with Crippen molar-refractivity contribution in [2.24, 2.45) is 7.05 Å². The minimum Gasteiger partial charge on any atom is -0.360 e. The first-order chi connectivity index (χ1) is 7.25. The quantitative estimate of drug-likeness (QED) is 0.752. The van der Waals surface area contributed by atoms with Crippen LogP contribution in [-0.4, -0.2) is 14.7 Å². The Bertz CT molecular complexity index is 494. The smallest absolute Gasteiger partial charge is 0.149 e. The largest absolute Gasteiger partial charge is 0.360 e. The number of imidazole rings is 1. The van der Waals surface area contributed by atoms with Gasteiger partial charge in [-0.05, 0) is 19.8 Å². The van der Waals surface area contributed by atoms with E-state index in [0.29, 0.717) is 5.92 Å². The van der Waals surface area contributed by atoms with Crippen LogP contribution in [0.25, 0.3) is 11.3 Å². The highest BCUT2D eigenvalue weighted by atomic mass is 16.5. The fourth-order valence-electron chi connectivity index (χ4n) is 1.86. The van der Waals surface area contributed by atoms with Crippen molar-refractivity contribution in [1.82, 2.24) is 14.7 Å². The standard InChI is InChI=1S/C11H13N3O/c1-7-10(9-5-14(2)6-12-9)11(15-13-7)8-3-4-8/h5-6,8H,3-4H2,1-2H3. The summed E-state index contributed by atoms with van der Waals surface area (Å²) < 4.78 is 7.33. The lowest BCUT2D eigenvalue weighted by Crippen LogP contribution is -1.84. The number of aryl methyl sites for hydroxylation is 2. The van der Waals surface area contributed by atoms with Crippen LogP contribution in [0.4, 0.5) is 0 Å². The molecule has 1 aliphatic carbocycles. The van der Waals surface area contributed by atoms with Crippen LogP contribution in [0.1, 0.15) is 30.2 Å². The van der Waals surface area contributed by atoms with Gasteiger partial charge in [-0.25, -0.2) is 4.98 Å². The van der Waals surface area contributed by atoms with E-state index in [2.05, 4.69) is 10.1 Å². The lowest BCUT2D eigenvalue weighted by atomic mass is 10.1. The molecule has 0 unspecified atom stereocenters. The Morgan fingerprint density at radius 1 is 1.47 bits per heavy atom. The number of nitrogens with zero attached hydrogens (tertiary/aromatic N) is 3. The van der Waals surface area contributed by atoms with Crippen LogP contribution in [-0.2, 0) is 7.05 Å². The van der Waals surface area contributed by atoms with Crippen molar-refractivity contribution in [2.45, 2.75) is 25.7 Å². The molecule has 1 aliphatic rings. The van der Waals surface area contributed by atoms with Crippen molar-refractivity contribution in [3.8, 4) is 11.3 Å². The number of aromatic nitrogens is 3. The highest BCUT2D eigenvalue weighted by molar-refractivity contribution is 5.64. The molecule has 1 fully saturated rings. The average Bonchev–Trinajstić information content (AvgIpc) is 2.86. The minimum absolute atomic E-state index is 0.572. The molecule has 2 heterocycles. The minimum atomic E-state index is 0.572. The van der Waals surface area contributed by atoms with Crippen LogP contribution in [0.3, 0.4) is 0 Å². The molecule has 4 heteroatoms. The van der Waals surface area contributed by atoms with Crippen LogP contribution in [0, 0.1) is 6.92 Å². The van der Waals surface area contributed by atoms with E-state index >= 15 is 0 Å². The second kappa shape index (κ2) is 2.95. The summed E-state index contributed by atoms with van der Waals surface area (Å²) in [6.45, 7) is 1.97. The molecule has 3 rings (SSSR count). The molecular formula is C11H13N3O. The van der Waals surface area contributed by atoms with Gasteiger partial charge in [0.1, 0.15) is 5.76 Å². The van der Waals surface area contributed by atoms with Crippen LogP contribution in [0.2, 0.25) is 0 Å². The molecule has 0 saturated heterocycles. The van der Waals surface area contributed by atoms with Gasteiger partial charge in [-0.1, -0.05) is 5.16 Å². The van der Waals surface area contributed by atoms with Gasteiger partial charge in [-0.15, -0.1) is 0 Å². The van der Waals surface area contributed by atoms with E-state index in [4.69, 9.17) is 4.52 Å². The lowest BCUT2D eigenvalue weighted by molar-refractivity contribution is 0.381. The van der Waals surface area contributed by atoms with E-state index < -0.39 is 0 Å². The summed E-state index contributed by atoms with van der Waals surface area (Å²) in [4.78, 5) is 4.35. The van der Waals surface area contributed by atoms with Gasteiger partial charge in [0, 0.05) is 19.2 Å². The second-order valence-electron chi connectivity index (χ2n) is 4.21. The molecule has 78 valence electrons. The van der Waals surface area contributed by atoms with E-state index in [0.717, 1.165) is 22.7 Å². The third-order valence-electron chi connectivity index (χ3n) is 2.80. The number of rotatable bonds is 2. The molecule has 15 heavy (non-hydrogen) atoms. The summed E-state index contributed by atoms with van der Waals surface area (Å²) >= 11 is 0. The summed E-state index contributed by atoms with van der Waals surface area (Å²) in [5.74, 6) is 1.59. The summed E-state index contributed by atoms with van der Waals surface area (Å²) in [7, 11) is 1.97. The highest BCUT2D eigenvalue weighted by Gasteiger charge is 2.32. The maximum absolute atomic E-state index is 5.38. The molecule has 0 radical (unpaired) electrons. The van der Waals surface area contributed by atoms with Crippen LogP contribution < -0.4 is 0 Å². The molecule has 2 aromatic rings. The van der Waals surface area contributed by atoms with Crippen molar-refractivity contribution >= 4 is 0 Å². The highest BCUT2D eigenvalue weighted by Crippen LogP contribution is 2.45. The first-order valence-corrected chi connectivity index (χ1v) is 5.20. The Kier molecular flexibility index (Phi) is 1.71. The van der Waals surface area contributed by atoms with E-state index in [1.807, 2.05) is 24.7 Å². The fraction of sp³-hybridized carbons (Fsp3) is 0.455. The molecule has 2 aromatic heterocycles. The third-order valence-corrected chi connectivity index (χ3v) is 2.80. The Morgan fingerprint density at radius 3 is 2.87 bits per heavy atom. The van der Waals surface area contributed by atoms with E-state index in [-0.39, 0.29) is 0 Å². The first kappa shape index (κ1) is 8.71. The fourth-order valence-corrected chi connectivity index (χ4v) is 1.86. The van der Waals surface area contributed by atoms with Crippen LogP contribution >= 0.6 is 0 Å². The number of hydrogen-bond acceptors (Lipinski definition) is 3. The monoisotopic (exact) mass is 203 g/mol. The average molecular weight is 203 g/mol. The van der Waals surface area contributed by atoms with Gasteiger partial charge in [0.05, 0.1) is 23.3 Å². The van der Waals surface area contributed by atoms with Crippen molar-refractivity contribution in [1.29, 1.82) is 0 Å². The second-order valence-corrected chi connectivity index (χ2v) is 4.21. The van der Waals surface area contributed by atoms with E-state index in [9.17, 15) is 0 Å². The SMILES string of the molecule is Cc1noc(C2CC2)c1-c1cn(C)cn1. The Hall–Kier alpha value is -1.58. The zero-order valence-electron chi connectivity index (χ0n) is 8.90. The van der Waals surface area contributed by atoms with Gasteiger partial charge in [-0.3, -0.25) is 0 Å². The lowest BCUT2D eigenvalue weighted by Gasteiger charge is -1.95. The summed E-state index contributed by atoms with van der Waals surface area (Å²) in [5, 5.41) is 4.04. The van der Waals surface area contributed by atoms with Crippen LogP contribution in [0.5, 0.6) is 0 Å². The maximum atomic E-state index is 5.38. The predicted molar refractivity (Wildman–Crippen MR) is 55.4 cm³/mol. The predicted octanol–water partition coefficient (Wildman–Crippen LogP) is 2.26. The van der Waals surface area contributed by atoms with Gasteiger partial charge in [0.2, 0.25) is 0 Å². The third kappa shape index (κ3) is 1.37. The first-order valence-electron chi connectivity index (χ1n) is 5.20. The molecule has 0 amide bonds. The topological polar surface area (TPSA) is 43.9 Å². The van der Waals surface area contributed by atoms with Gasteiger partial charge < -0.3 is 9.09 Å². The molecule has 0 aromatic carbocycles. The van der Waals surface area contributed by atoms with Gasteiger partial charge in [0.25, 0.3) is 0 Å². The van der Waals surface area contributed by atoms with Crippen LogP contribution in [0.15, 0.2) is 17.0 Å². The molecule has 4 nitrogen and oxygen atoms in total. The zero-order valence-corrected chi connectivity index (χ0v) is 8.90. The number of hydrogen-bond donors (Lipinski definition) is 0. The summed E-state index contributed by atoms with van der Waals surface area (Å²) in [6, 6.07) is 0. The van der Waals surface area contributed by atoms with Gasteiger partial charge in [-0.2, -0.15) is 0 Å². The molecular weight excluding hydrogens is 190 g/mol. The Labute approximate surface area is 87.9 Å². The van der Waals surface area contributed by atoms with Gasteiger partial charge >= 0.3 is 0 Å². The van der Waals surface area contributed by atoms with Crippen molar-refractivity contribution < 1.29 is 4.52 Å². The molecule has 0 N–H and O–H groups in total. The molecule has 0 spiro atoms. The van der Waals surface area contributed by atoms with E-state index in [1.165, 1.54) is 12.8 Å². The Balaban J connectivity index is 2.12. The molecule has 0 atom stereocenters. The normalized spacial score (nSPS) is 15.9. The summed E-state index contributed by atoms with van der Waals surface area (Å²) in [6.07, 6.45) is 6.24. The molecule has 0 bridgehead atoms. The van der Waals surface area contributed by atoms with Gasteiger partial charge in [0.15, 0.2) is 0 Å². The van der Waals surface area contributed by atoms with Crippen molar-refractivity contribution in [3.05, 3.63) is 24.0 Å². The van der Waals surface area contributed by atoms with E-state index in [1.54, 1.807) is 6.33 Å². The zero-order chi connectivity index (χ0) is 10.4. The van der Waals surface area contributed by atoms with Crippen molar-refractivity contribution in [3.63, 3.8) is 0 Å². The van der Waals surface area contributed by atoms with Crippen molar-refractivity contribution in [2.75, 3.05) is 0 Å². The maximum Gasteiger partial charge on any atom is 0.149 e.